The predicted molar refractivity (Wildman–Crippen MR) is 143 cm³/mol. The van der Waals surface area contributed by atoms with E-state index in [1.165, 1.54) is 13.8 Å². The topological polar surface area (TPSA) is 138 Å². The van der Waals surface area contributed by atoms with Gasteiger partial charge in [-0.05, 0) is 45.2 Å². The molecule has 1 aromatic rings. The molecule has 3 heterocycles. The molecule has 10 heteroatoms. The van der Waals surface area contributed by atoms with Crippen molar-refractivity contribution in [3.63, 3.8) is 0 Å². The van der Waals surface area contributed by atoms with E-state index in [2.05, 4.69) is 0 Å². The third-order valence-corrected chi connectivity index (χ3v) is 9.79. The maximum Gasteiger partial charge on any atom is 0.338 e. The zero-order chi connectivity index (χ0) is 30.1. The van der Waals surface area contributed by atoms with Crippen molar-refractivity contribution in [2.45, 2.75) is 109 Å². The van der Waals surface area contributed by atoms with E-state index in [0.29, 0.717) is 12.0 Å². The van der Waals surface area contributed by atoms with Gasteiger partial charge in [0.15, 0.2) is 5.78 Å². The number of hydrogen-bond donors (Lipinski definition) is 1. The number of fused-ring (bicyclic) bond motifs is 3. The molecule has 11 atom stereocenters. The molecular weight excluding hydrogens is 532 g/mol. The monoisotopic (exact) mass is 572 g/mol. The molecule has 1 saturated carbocycles. The fourth-order valence-electron chi connectivity index (χ4n) is 7.47. The minimum atomic E-state index is -1.26. The zero-order valence-corrected chi connectivity index (χ0v) is 24.6. The second-order valence-corrected chi connectivity index (χ2v) is 13.0. The summed E-state index contributed by atoms with van der Waals surface area (Å²) in [5.74, 6) is -3.49. The van der Waals surface area contributed by atoms with Crippen LogP contribution in [0, 0.1) is 23.2 Å². The van der Waals surface area contributed by atoms with Gasteiger partial charge in [0, 0.05) is 26.2 Å². The van der Waals surface area contributed by atoms with Gasteiger partial charge >= 0.3 is 17.9 Å². The number of esters is 3. The number of carbonyl (C=O) groups excluding carboxylic acids is 4. The summed E-state index contributed by atoms with van der Waals surface area (Å²) in [5.41, 5.74) is -3.22. The van der Waals surface area contributed by atoms with Crippen molar-refractivity contribution in [3.05, 3.63) is 35.9 Å². The third-order valence-electron chi connectivity index (χ3n) is 9.79. The van der Waals surface area contributed by atoms with Crippen LogP contribution < -0.4 is 0 Å². The van der Waals surface area contributed by atoms with Gasteiger partial charge in [0.05, 0.1) is 23.0 Å². The summed E-state index contributed by atoms with van der Waals surface area (Å²) in [4.78, 5) is 51.9. The van der Waals surface area contributed by atoms with Crippen LogP contribution in [0.3, 0.4) is 0 Å². The number of epoxide rings is 1. The molecule has 10 nitrogen and oxygen atoms in total. The number of ether oxygens (including phenoxy) is 5. The highest BCUT2D eigenvalue weighted by atomic mass is 16.7. The highest BCUT2D eigenvalue weighted by molar-refractivity contribution is 5.90. The third kappa shape index (κ3) is 4.77. The average Bonchev–Trinajstić information content (AvgIpc) is 3.42. The number of hydrogen-bond acceptors (Lipinski definition) is 10. The standard InChI is InChI=1S/C31H40O10/c1-15-14-31-22(23(15)39-28(36)19-11-9-8-10-12-19)27-30(7,41-27)21(38-18(4)33)13-20(37-17(3)32)29(5,6)26(35)24(40-31)16(2)25(31)34/h8-12,15-16,20-25,27,34H,13-14H2,1-7H3/t15-,16-,20+,21+,22+,23-,24-,25-,27+,30+,31+/m0/s1. The lowest BCUT2D eigenvalue weighted by molar-refractivity contribution is -0.171. The van der Waals surface area contributed by atoms with E-state index in [-0.39, 0.29) is 18.1 Å². The Morgan fingerprint density at radius 2 is 1.54 bits per heavy atom. The van der Waals surface area contributed by atoms with Crippen molar-refractivity contribution >= 4 is 23.7 Å². The van der Waals surface area contributed by atoms with Gasteiger partial charge in [-0.2, -0.15) is 0 Å². The van der Waals surface area contributed by atoms with Crippen molar-refractivity contribution < 1.29 is 48.0 Å². The minimum absolute atomic E-state index is 0.0122. The molecule has 0 aromatic heterocycles. The van der Waals surface area contributed by atoms with Crippen LogP contribution in [0.15, 0.2) is 30.3 Å². The Bertz CT molecular complexity index is 1230. The van der Waals surface area contributed by atoms with Crippen LogP contribution in [0.25, 0.3) is 0 Å². The number of carbonyl (C=O) groups is 4. The SMILES string of the molecule is CC(=O)O[C@@H]1C[C@@H](OC(C)=O)[C@@]2(C)O[C@@H]2[C@H]2[C@@H](OC(=O)c3ccccc3)[C@@H](C)C[C@@]23O[C@H](C(=O)C1(C)C)[C@H](C)[C@@H]3O. The molecule has 3 saturated heterocycles. The highest BCUT2D eigenvalue weighted by Gasteiger charge is 2.76. The lowest BCUT2D eigenvalue weighted by Crippen LogP contribution is -2.52. The largest absolute Gasteiger partial charge is 0.461 e. The first kappa shape index (κ1) is 29.7. The Balaban J connectivity index is 1.62. The van der Waals surface area contributed by atoms with Gasteiger partial charge in [-0.15, -0.1) is 0 Å². The highest BCUT2D eigenvalue weighted by Crippen LogP contribution is 2.62. The lowest BCUT2D eigenvalue weighted by Gasteiger charge is -2.37. The summed E-state index contributed by atoms with van der Waals surface area (Å²) in [5, 5.41) is 11.8. The predicted octanol–water partition coefficient (Wildman–Crippen LogP) is 3.02. The normalized spacial score (nSPS) is 42.7. The van der Waals surface area contributed by atoms with Gasteiger partial charge in [-0.25, -0.2) is 4.79 Å². The minimum Gasteiger partial charge on any atom is -0.461 e. The molecule has 5 rings (SSSR count). The van der Waals surface area contributed by atoms with Crippen molar-refractivity contribution in [2.24, 2.45) is 23.2 Å². The Hall–Kier alpha value is -2.82. The summed E-state index contributed by atoms with van der Waals surface area (Å²) in [6.07, 6.45) is -4.99. The second-order valence-electron chi connectivity index (χ2n) is 13.0. The van der Waals surface area contributed by atoms with Crippen LogP contribution in [0.5, 0.6) is 0 Å². The Labute approximate surface area is 240 Å². The number of rotatable bonds is 4. The Morgan fingerprint density at radius 3 is 2.15 bits per heavy atom. The number of Topliss-reactive ketones (excluding diaryl/α,β-unsaturated/α-hetero) is 1. The maximum atomic E-state index is 14.2. The van der Waals surface area contributed by atoms with Gasteiger partial charge in [0.2, 0.25) is 0 Å². The van der Waals surface area contributed by atoms with E-state index in [4.69, 9.17) is 23.7 Å². The van der Waals surface area contributed by atoms with Gasteiger partial charge in [-0.3, -0.25) is 14.4 Å². The molecule has 3 aliphatic heterocycles. The van der Waals surface area contributed by atoms with E-state index in [0.717, 1.165) is 0 Å². The van der Waals surface area contributed by atoms with Crippen molar-refractivity contribution in [1.29, 1.82) is 0 Å². The molecule has 1 N–H and O–H groups in total. The fourth-order valence-corrected chi connectivity index (χ4v) is 7.47. The molecule has 1 aliphatic carbocycles. The molecule has 4 aliphatic rings. The van der Waals surface area contributed by atoms with Crippen molar-refractivity contribution in [3.8, 4) is 0 Å². The molecule has 0 unspecified atom stereocenters. The van der Waals surface area contributed by atoms with Gasteiger partial charge < -0.3 is 28.8 Å². The van der Waals surface area contributed by atoms with Crippen molar-refractivity contribution in [2.75, 3.05) is 0 Å². The first-order valence-electron chi connectivity index (χ1n) is 14.3. The van der Waals surface area contributed by atoms with E-state index in [1.54, 1.807) is 58.0 Å². The van der Waals surface area contributed by atoms with E-state index < -0.39 is 83.0 Å². The zero-order valence-electron chi connectivity index (χ0n) is 24.6. The van der Waals surface area contributed by atoms with Gasteiger partial charge in [-0.1, -0.05) is 32.0 Å². The van der Waals surface area contributed by atoms with Crippen LogP contribution >= 0.6 is 0 Å². The van der Waals surface area contributed by atoms with Gasteiger partial charge in [0.25, 0.3) is 0 Å². The molecule has 224 valence electrons. The molecule has 0 amide bonds. The maximum absolute atomic E-state index is 14.2. The fraction of sp³-hybridized carbons (Fsp3) is 0.677. The van der Waals surface area contributed by atoms with Crippen LogP contribution in [0.2, 0.25) is 0 Å². The first-order chi connectivity index (χ1) is 19.1. The molecule has 4 fully saturated rings. The quantitative estimate of drug-likeness (QED) is 0.325. The van der Waals surface area contributed by atoms with Crippen LogP contribution in [0.1, 0.15) is 71.7 Å². The van der Waals surface area contributed by atoms with E-state index in [1.807, 2.05) is 6.92 Å². The summed E-state index contributed by atoms with van der Waals surface area (Å²) in [6, 6.07) is 8.63. The van der Waals surface area contributed by atoms with Crippen molar-refractivity contribution in [1.82, 2.24) is 0 Å². The summed E-state index contributed by atoms with van der Waals surface area (Å²) < 4.78 is 30.6. The smallest absolute Gasteiger partial charge is 0.338 e. The Morgan fingerprint density at radius 1 is 0.927 bits per heavy atom. The number of benzene rings is 1. The summed E-state index contributed by atoms with van der Waals surface area (Å²) >= 11 is 0. The molecule has 0 radical (unpaired) electrons. The van der Waals surface area contributed by atoms with E-state index in [9.17, 15) is 24.3 Å². The first-order valence-corrected chi connectivity index (χ1v) is 14.3. The summed E-state index contributed by atoms with van der Waals surface area (Å²) in [7, 11) is 0. The molecule has 1 aromatic carbocycles. The molecule has 41 heavy (non-hydrogen) atoms. The van der Waals surface area contributed by atoms with Crippen LogP contribution in [0.4, 0.5) is 0 Å². The van der Waals surface area contributed by atoms with E-state index >= 15 is 0 Å². The lowest BCUT2D eigenvalue weighted by atomic mass is 9.71. The number of ketones is 1. The Kier molecular flexibility index (Phi) is 7.36. The molecular formula is C31H40O10. The molecule has 2 bridgehead atoms. The van der Waals surface area contributed by atoms with Crippen LogP contribution in [-0.2, 0) is 38.1 Å². The number of aliphatic hydroxyl groups excluding tert-OH is 1. The molecule has 1 spiro atoms. The number of aliphatic hydroxyl groups is 1. The van der Waals surface area contributed by atoms with Gasteiger partial charge in [0.1, 0.15) is 41.7 Å². The van der Waals surface area contributed by atoms with Crippen LogP contribution in [-0.4, -0.2) is 76.6 Å². The summed E-state index contributed by atoms with van der Waals surface area (Å²) in [6.45, 7) is 11.4. The second kappa shape index (κ2) is 10.2. The average molecular weight is 573 g/mol.